The molecule has 0 saturated heterocycles. The van der Waals surface area contributed by atoms with E-state index in [1.807, 2.05) is 20.8 Å². The molecule has 0 aliphatic heterocycles. The number of rotatable bonds is 4. The molecule has 1 aliphatic carbocycles. The van der Waals surface area contributed by atoms with Crippen LogP contribution in [-0.4, -0.2) is 33.7 Å². The van der Waals surface area contributed by atoms with E-state index in [-0.39, 0.29) is 18.2 Å². The van der Waals surface area contributed by atoms with Gasteiger partial charge in [-0.05, 0) is 40.0 Å². The maximum atomic E-state index is 11.9. The molecule has 6 nitrogen and oxygen atoms in total. The van der Waals surface area contributed by atoms with E-state index in [0.29, 0.717) is 6.54 Å². The van der Waals surface area contributed by atoms with Crippen molar-refractivity contribution in [1.82, 2.24) is 20.6 Å². The van der Waals surface area contributed by atoms with Crippen molar-refractivity contribution in [3.63, 3.8) is 0 Å². The third-order valence-corrected chi connectivity index (χ3v) is 3.38. The molecular weight excluding hydrogens is 268 g/mol. The van der Waals surface area contributed by atoms with Crippen molar-refractivity contribution in [3.05, 3.63) is 24.3 Å². The maximum Gasteiger partial charge on any atom is 0.407 e. The third kappa shape index (κ3) is 5.30. The molecule has 2 unspecified atom stereocenters. The van der Waals surface area contributed by atoms with E-state index in [4.69, 9.17) is 4.74 Å². The Hall–Kier alpha value is -1.69. The van der Waals surface area contributed by atoms with Gasteiger partial charge >= 0.3 is 6.09 Å². The summed E-state index contributed by atoms with van der Waals surface area (Å²) in [5, 5.41) is 6.41. The zero-order valence-corrected chi connectivity index (χ0v) is 12.9. The summed E-state index contributed by atoms with van der Waals surface area (Å²) >= 11 is 0. The quantitative estimate of drug-likeness (QED) is 0.888. The first-order chi connectivity index (χ1) is 9.94. The number of nitrogens with one attached hydrogen (secondary N) is 2. The molecule has 1 amide bonds. The fourth-order valence-electron chi connectivity index (χ4n) is 2.49. The predicted molar refractivity (Wildman–Crippen MR) is 79.7 cm³/mol. The Kier molecular flexibility index (Phi) is 5.12. The highest BCUT2D eigenvalue weighted by Crippen LogP contribution is 2.20. The first-order valence-corrected chi connectivity index (χ1v) is 7.42. The van der Waals surface area contributed by atoms with E-state index in [0.717, 1.165) is 25.0 Å². The second kappa shape index (κ2) is 6.85. The van der Waals surface area contributed by atoms with Gasteiger partial charge in [0.2, 0.25) is 0 Å². The molecule has 0 bridgehead atoms. The van der Waals surface area contributed by atoms with Crippen LogP contribution in [0.15, 0.2) is 18.6 Å². The lowest BCUT2D eigenvalue weighted by molar-refractivity contribution is 0.0498. The van der Waals surface area contributed by atoms with Crippen LogP contribution in [0.5, 0.6) is 0 Å². The number of carbonyl (C=O) groups excluding carboxylic acids is 1. The van der Waals surface area contributed by atoms with Gasteiger partial charge in [-0.1, -0.05) is 0 Å². The van der Waals surface area contributed by atoms with Crippen molar-refractivity contribution in [2.24, 2.45) is 0 Å². The van der Waals surface area contributed by atoms with Crippen molar-refractivity contribution >= 4 is 6.09 Å². The topological polar surface area (TPSA) is 76.1 Å². The van der Waals surface area contributed by atoms with Gasteiger partial charge in [0.05, 0.1) is 5.69 Å². The average molecular weight is 292 g/mol. The summed E-state index contributed by atoms with van der Waals surface area (Å²) in [7, 11) is 0. The molecule has 0 aromatic carbocycles. The Morgan fingerprint density at radius 2 is 2.10 bits per heavy atom. The van der Waals surface area contributed by atoms with Crippen molar-refractivity contribution in [1.29, 1.82) is 0 Å². The highest BCUT2D eigenvalue weighted by molar-refractivity contribution is 5.68. The molecule has 0 spiro atoms. The molecule has 6 heteroatoms. The number of hydrogen-bond acceptors (Lipinski definition) is 5. The largest absolute Gasteiger partial charge is 0.444 e. The van der Waals surface area contributed by atoms with Crippen molar-refractivity contribution in [2.45, 2.75) is 64.3 Å². The lowest BCUT2D eigenvalue weighted by atomic mass is 10.1. The van der Waals surface area contributed by atoms with Gasteiger partial charge in [-0.25, -0.2) is 4.79 Å². The van der Waals surface area contributed by atoms with Crippen LogP contribution in [0.1, 0.15) is 45.7 Å². The Balaban J connectivity index is 1.81. The summed E-state index contributed by atoms with van der Waals surface area (Å²) < 4.78 is 5.31. The summed E-state index contributed by atoms with van der Waals surface area (Å²) in [4.78, 5) is 20.1. The maximum absolute atomic E-state index is 11.9. The predicted octanol–water partition coefficient (Wildman–Crippen LogP) is 2.01. The number of alkyl carbamates (subject to hydrolysis) is 1. The first-order valence-electron chi connectivity index (χ1n) is 7.42. The molecule has 2 N–H and O–H groups in total. The molecule has 2 atom stereocenters. The molecule has 1 saturated carbocycles. The number of amides is 1. The van der Waals surface area contributed by atoms with E-state index in [1.54, 1.807) is 18.6 Å². The van der Waals surface area contributed by atoms with Gasteiger partial charge in [-0.15, -0.1) is 0 Å². The standard InChI is InChI=1S/C15H24N4O2/c1-15(2,3)21-14(20)19-13-6-4-5-12(13)18-10-11-9-16-7-8-17-11/h7-9,12-13,18H,4-6,10H2,1-3H3,(H,19,20). The van der Waals surface area contributed by atoms with Gasteiger partial charge in [0.1, 0.15) is 5.60 Å². The van der Waals surface area contributed by atoms with E-state index in [2.05, 4.69) is 20.6 Å². The van der Waals surface area contributed by atoms with Gasteiger partial charge in [0.25, 0.3) is 0 Å². The Morgan fingerprint density at radius 3 is 2.76 bits per heavy atom. The normalized spacial score (nSPS) is 22.0. The van der Waals surface area contributed by atoms with Crippen LogP contribution < -0.4 is 10.6 Å². The average Bonchev–Trinajstić information content (AvgIpc) is 2.82. The molecule has 1 aliphatic rings. The van der Waals surface area contributed by atoms with Crippen molar-refractivity contribution < 1.29 is 9.53 Å². The van der Waals surface area contributed by atoms with E-state index >= 15 is 0 Å². The first kappa shape index (κ1) is 15.7. The number of aromatic nitrogens is 2. The lowest BCUT2D eigenvalue weighted by Crippen LogP contribution is -2.47. The van der Waals surface area contributed by atoms with Crippen molar-refractivity contribution in [2.75, 3.05) is 0 Å². The molecule has 21 heavy (non-hydrogen) atoms. The van der Waals surface area contributed by atoms with Gasteiger partial charge in [-0.3, -0.25) is 9.97 Å². The zero-order valence-electron chi connectivity index (χ0n) is 12.9. The monoisotopic (exact) mass is 292 g/mol. The zero-order chi connectivity index (χ0) is 15.3. The molecule has 1 aromatic rings. The molecule has 1 aromatic heterocycles. The molecule has 2 rings (SSSR count). The Labute approximate surface area is 125 Å². The van der Waals surface area contributed by atoms with Crippen LogP contribution in [0.3, 0.4) is 0 Å². The molecule has 116 valence electrons. The molecule has 0 radical (unpaired) electrons. The minimum atomic E-state index is -0.467. The summed E-state index contributed by atoms with van der Waals surface area (Å²) in [6.07, 6.45) is 7.85. The molecule has 1 heterocycles. The van der Waals surface area contributed by atoms with E-state index in [9.17, 15) is 4.79 Å². The van der Waals surface area contributed by atoms with Crippen LogP contribution in [0.25, 0.3) is 0 Å². The van der Waals surface area contributed by atoms with Crippen LogP contribution in [0.2, 0.25) is 0 Å². The highest BCUT2D eigenvalue weighted by atomic mass is 16.6. The summed E-state index contributed by atoms with van der Waals surface area (Å²) in [6, 6.07) is 0.357. The molecular formula is C15H24N4O2. The second-order valence-electron chi connectivity index (χ2n) is 6.37. The Morgan fingerprint density at radius 1 is 1.33 bits per heavy atom. The van der Waals surface area contributed by atoms with Crippen LogP contribution in [0, 0.1) is 0 Å². The summed E-state index contributed by atoms with van der Waals surface area (Å²) in [5.41, 5.74) is 0.436. The second-order valence-corrected chi connectivity index (χ2v) is 6.37. The fraction of sp³-hybridized carbons (Fsp3) is 0.667. The van der Waals surface area contributed by atoms with E-state index < -0.39 is 5.60 Å². The summed E-state index contributed by atoms with van der Waals surface area (Å²) in [6.45, 7) is 6.26. The van der Waals surface area contributed by atoms with Gasteiger partial charge in [0, 0.05) is 37.2 Å². The number of nitrogens with zero attached hydrogens (tertiary/aromatic N) is 2. The number of hydrogen-bond donors (Lipinski definition) is 2. The van der Waals surface area contributed by atoms with Crippen molar-refractivity contribution in [3.8, 4) is 0 Å². The number of carbonyl (C=O) groups is 1. The Bertz CT molecular complexity index is 458. The highest BCUT2D eigenvalue weighted by Gasteiger charge is 2.29. The van der Waals surface area contributed by atoms with Gasteiger partial charge in [0.15, 0.2) is 0 Å². The SMILES string of the molecule is CC(C)(C)OC(=O)NC1CCCC1NCc1cnccn1. The van der Waals surface area contributed by atoms with Gasteiger partial charge in [-0.2, -0.15) is 0 Å². The van der Waals surface area contributed by atoms with E-state index in [1.165, 1.54) is 0 Å². The molecule has 1 fully saturated rings. The fourth-order valence-corrected chi connectivity index (χ4v) is 2.49. The minimum absolute atomic E-state index is 0.108. The smallest absolute Gasteiger partial charge is 0.407 e. The third-order valence-electron chi connectivity index (χ3n) is 3.38. The van der Waals surface area contributed by atoms with Crippen LogP contribution >= 0.6 is 0 Å². The van der Waals surface area contributed by atoms with Crippen LogP contribution in [0.4, 0.5) is 4.79 Å². The van der Waals surface area contributed by atoms with Gasteiger partial charge < -0.3 is 15.4 Å². The lowest BCUT2D eigenvalue weighted by Gasteiger charge is -2.25. The van der Waals surface area contributed by atoms with Crippen LogP contribution in [-0.2, 0) is 11.3 Å². The minimum Gasteiger partial charge on any atom is -0.444 e. The summed E-state index contributed by atoms with van der Waals surface area (Å²) in [5.74, 6) is 0. The number of ether oxygens (including phenoxy) is 1.